The van der Waals surface area contributed by atoms with Gasteiger partial charge in [-0.1, -0.05) is 71.0 Å². The lowest BCUT2D eigenvalue weighted by atomic mass is 9.70. The molecular weight excluding hydrogens is 605 g/mol. The van der Waals surface area contributed by atoms with Crippen LogP contribution in [0.25, 0.3) is 11.4 Å². The number of carbonyl (C=O) groups excluding carboxylic acids is 2. The molecule has 0 bridgehead atoms. The van der Waals surface area contributed by atoms with Crippen LogP contribution in [0, 0.1) is 17.3 Å². The van der Waals surface area contributed by atoms with E-state index in [1.165, 1.54) is 27.0 Å². The van der Waals surface area contributed by atoms with Gasteiger partial charge in [0.25, 0.3) is 5.56 Å². The molecule has 0 saturated heterocycles. The van der Waals surface area contributed by atoms with Crippen molar-refractivity contribution >= 4 is 26.7 Å². The predicted molar refractivity (Wildman–Crippen MR) is 169 cm³/mol. The highest BCUT2D eigenvalue weighted by atomic mass is 28.3. The lowest BCUT2D eigenvalue weighted by Gasteiger charge is -2.51. The molecule has 45 heavy (non-hydrogen) atoms. The summed E-state index contributed by atoms with van der Waals surface area (Å²) in [5.41, 5.74) is -3.24. The summed E-state index contributed by atoms with van der Waals surface area (Å²) in [6, 6.07) is 11.3. The van der Waals surface area contributed by atoms with Gasteiger partial charge in [0.15, 0.2) is 9.04 Å². The third kappa shape index (κ3) is 9.00. The first-order chi connectivity index (χ1) is 21.0. The monoisotopic (exact) mass is 646 g/mol. The summed E-state index contributed by atoms with van der Waals surface area (Å²) in [5, 5.41) is 7.66. The molecule has 0 aliphatic carbocycles. The number of amides is 3. The first-order valence-corrected chi connectivity index (χ1v) is 17.4. The Morgan fingerprint density at radius 3 is 2.22 bits per heavy atom. The van der Waals surface area contributed by atoms with Crippen LogP contribution in [-0.4, -0.2) is 47.4 Å². The molecule has 14 heteroatoms. The number of hydrogen-bond donors (Lipinski definition) is 3. The minimum atomic E-state index is -4.72. The van der Waals surface area contributed by atoms with Gasteiger partial charge in [-0.3, -0.25) is 19.1 Å². The zero-order valence-electron chi connectivity index (χ0n) is 26.5. The second-order valence-electron chi connectivity index (χ2n) is 12.4. The normalized spacial score (nSPS) is 14.1. The third-order valence-corrected chi connectivity index (χ3v) is 7.91. The molecule has 10 nitrogen and oxygen atoms in total. The van der Waals surface area contributed by atoms with Crippen LogP contribution in [0.3, 0.4) is 0 Å². The number of nitrogens with zero attached hydrogens (tertiary/aromatic N) is 3. The highest BCUT2D eigenvalue weighted by molar-refractivity contribution is 6.48. The molecule has 244 valence electrons. The number of anilines is 1. The number of benzene rings is 1. The number of hydrogen-bond acceptors (Lipinski definition) is 6. The number of pyridine rings is 1. The van der Waals surface area contributed by atoms with Crippen molar-refractivity contribution in [2.45, 2.75) is 72.7 Å². The highest BCUT2D eigenvalue weighted by Crippen LogP contribution is 2.49. The van der Waals surface area contributed by atoms with Gasteiger partial charge in [0.05, 0.1) is 6.20 Å². The molecule has 3 amide bonds. The molecule has 2 atom stereocenters. The summed E-state index contributed by atoms with van der Waals surface area (Å²) in [7, 11) is -2.17. The van der Waals surface area contributed by atoms with Crippen LogP contribution in [0.4, 0.5) is 23.7 Å². The van der Waals surface area contributed by atoms with E-state index in [1.54, 1.807) is 81.8 Å². The van der Waals surface area contributed by atoms with E-state index in [0.29, 0.717) is 5.56 Å². The van der Waals surface area contributed by atoms with Crippen molar-refractivity contribution in [2.75, 3.05) is 5.32 Å². The quantitative estimate of drug-likeness (QED) is 0.191. The van der Waals surface area contributed by atoms with Crippen LogP contribution in [0.2, 0.25) is 13.1 Å². The Balaban J connectivity index is 2.03. The molecule has 2 aromatic heterocycles. The maximum atomic E-state index is 14.8. The zero-order chi connectivity index (χ0) is 33.6. The highest BCUT2D eigenvalue weighted by Gasteiger charge is 2.61. The van der Waals surface area contributed by atoms with Crippen molar-refractivity contribution in [3.63, 3.8) is 0 Å². The van der Waals surface area contributed by atoms with Crippen LogP contribution in [0.5, 0.6) is 0 Å². The molecule has 3 rings (SSSR count). The molecule has 3 N–H and O–H groups in total. The van der Waals surface area contributed by atoms with Gasteiger partial charge in [0, 0.05) is 30.4 Å². The fourth-order valence-electron chi connectivity index (χ4n) is 5.35. The first kappa shape index (κ1) is 35.4. The summed E-state index contributed by atoms with van der Waals surface area (Å²) < 4.78 is 51.4. The van der Waals surface area contributed by atoms with Crippen molar-refractivity contribution in [1.29, 1.82) is 0 Å². The minimum absolute atomic E-state index is 0.0922. The average Bonchev–Trinajstić information content (AvgIpc) is 2.93. The Kier molecular flexibility index (Phi) is 11.3. The zero-order valence-corrected chi connectivity index (χ0v) is 27.7. The Morgan fingerprint density at radius 1 is 1.02 bits per heavy atom. The fourth-order valence-corrected chi connectivity index (χ4v) is 6.59. The predicted octanol–water partition coefficient (Wildman–Crippen LogP) is 5.32. The van der Waals surface area contributed by atoms with Crippen molar-refractivity contribution < 1.29 is 27.2 Å². The molecule has 2 unspecified atom stereocenters. The van der Waals surface area contributed by atoms with Crippen LogP contribution in [-0.2, 0) is 22.3 Å². The van der Waals surface area contributed by atoms with Crippen molar-refractivity contribution in [2.24, 2.45) is 17.3 Å². The van der Waals surface area contributed by atoms with E-state index in [4.69, 9.17) is 4.43 Å². The van der Waals surface area contributed by atoms with Gasteiger partial charge in [0.2, 0.25) is 5.91 Å². The van der Waals surface area contributed by atoms with Crippen LogP contribution in [0.1, 0.15) is 40.2 Å². The number of urea groups is 1. The van der Waals surface area contributed by atoms with Gasteiger partial charge in [0.1, 0.15) is 29.7 Å². The van der Waals surface area contributed by atoms with Crippen LogP contribution >= 0.6 is 0 Å². The second kappa shape index (κ2) is 14.4. The van der Waals surface area contributed by atoms with Crippen LogP contribution in [0.15, 0.2) is 65.8 Å². The lowest BCUT2D eigenvalue weighted by molar-refractivity contribution is -0.265. The van der Waals surface area contributed by atoms with E-state index in [9.17, 15) is 27.6 Å². The molecular formula is C31H41F3N6O4Si. The Labute approximate surface area is 262 Å². The summed E-state index contributed by atoms with van der Waals surface area (Å²) in [6.45, 7) is 10.4. The Bertz CT molecular complexity index is 1500. The summed E-state index contributed by atoms with van der Waals surface area (Å²) >= 11 is 0. The van der Waals surface area contributed by atoms with Crippen LogP contribution < -0.4 is 21.5 Å². The molecule has 0 spiro atoms. The van der Waals surface area contributed by atoms with E-state index >= 15 is 0 Å². The smallest absolute Gasteiger partial charge is 0.396 e. The SMILES string of the molecule is CC(C)C(NC(=O)Cn1c(-c2ccccc2)ncc(NC(=O)NCc2cccnc2)c1=O)(O[SiH](C)C)C(C(C)(C)C)C(F)(F)F. The molecule has 1 aromatic carbocycles. The molecule has 0 radical (unpaired) electrons. The molecule has 0 aliphatic rings. The van der Waals surface area contributed by atoms with Crippen molar-refractivity contribution in [3.05, 3.63) is 77.0 Å². The minimum Gasteiger partial charge on any atom is -0.398 e. The van der Waals surface area contributed by atoms with E-state index in [-0.39, 0.29) is 18.1 Å². The lowest BCUT2D eigenvalue weighted by Crippen LogP contribution is -2.67. The van der Waals surface area contributed by atoms with Gasteiger partial charge in [-0.25, -0.2) is 9.78 Å². The van der Waals surface area contributed by atoms with Gasteiger partial charge in [-0.2, -0.15) is 13.2 Å². The number of aromatic nitrogens is 3. The molecule has 3 aromatic rings. The van der Waals surface area contributed by atoms with E-state index < -0.39 is 62.2 Å². The van der Waals surface area contributed by atoms with Gasteiger partial charge >= 0.3 is 12.2 Å². The summed E-state index contributed by atoms with van der Waals surface area (Å²) in [6.07, 6.45) is -0.377. The summed E-state index contributed by atoms with van der Waals surface area (Å²) in [4.78, 5) is 48.5. The maximum Gasteiger partial charge on any atom is 0.396 e. The van der Waals surface area contributed by atoms with Crippen molar-refractivity contribution in [3.8, 4) is 11.4 Å². The average molecular weight is 647 g/mol. The number of alkyl halides is 3. The number of carbonyl (C=O) groups is 2. The van der Waals surface area contributed by atoms with E-state index in [0.717, 1.165) is 10.1 Å². The third-order valence-electron chi connectivity index (χ3n) is 7.05. The summed E-state index contributed by atoms with van der Waals surface area (Å²) in [5.74, 6) is -3.65. The Hall–Kier alpha value is -4.04. The van der Waals surface area contributed by atoms with E-state index in [1.807, 2.05) is 0 Å². The first-order valence-electron chi connectivity index (χ1n) is 14.6. The molecule has 0 saturated carbocycles. The van der Waals surface area contributed by atoms with Gasteiger partial charge in [-0.15, -0.1) is 0 Å². The molecule has 0 aliphatic heterocycles. The van der Waals surface area contributed by atoms with Gasteiger partial charge < -0.3 is 20.4 Å². The Morgan fingerprint density at radius 2 is 1.69 bits per heavy atom. The number of nitrogens with one attached hydrogen (secondary N) is 3. The number of rotatable bonds is 11. The number of halogens is 3. The largest absolute Gasteiger partial charge is 0.398 e. The second-order valence-corrected chi connectivity index (χ2v) is 14.8. The maximum absolute atomic E-state index is 14.8. The van der Waals surface area contributed by atoms with Crippen molar-refractivity contribution in [1.82, 2.24) is 25.2 Å². The standard InChI is InChI=1S/C31H41F3N6O4Si/c1-20(2)30(44-45(6)7,27(29(3,4)5)31(32,33)34)39-24(41)19-40-25(22-13-9-8-10-14-22)36-18-23(26(40)42)38-28(43)37-17-21-12-11-15-35-16-21/h8-16,18,20,27,45H,17,19H2,1-7H3,(H,39,41)(H2,37,38,43). The molecule has 2 heterocycles. The molecule has 0 fully saturated rings. The fraction of sp³-hybridized carbons (Fsp3) is 0.452. The topological polar surface area (TPSA) is 127 Å². The van der Waals surface area contributed by atoms with Gasteiger partial charge in [-0.05, 0) is 30.1 Å². The van der Waals surface area contributed by atoms with E-state index in [2.05, 4.69) is 25.9 Å².